The lowest BCUT2D eigenvalue weighted by Gasteiger charge is -2.07. The summed E-state index contributed by atoms with van der Waals surface area (Å²) in [6, 6.07) is 16.4. The molecule has 1 aromatic heterocycles. The highest BCUT2D eigenvalue weighted by atomic mass is 35.5. The summed E-state index contributed by atoms with van der Waals surface area (Å²) >= 11 is 5.87. The predicted octanol–water partition coefficient (Wildman–Crippen LogP) is 3.81. The van der Waals surface area contributed by atoms with Crippen molar-refractivity contribution < 1.29 is 4.79 Å². The molecule has 0 amide bonds. The van der Waals surface area contributed by atoms with Gasteiger partial charge in [-0.3, -0.25) is 4.79 Å². The molecule has 22 heavy (non-hydrogen) atoms. The van der Waals surface area contributed by atoms with E-state index in [-0.39, 0.29) is 5.78 Å². The summed E-state index contributed by atoms with van der Waals surface area (Å²) in [5.74, 6) is -0.147. The number of benzene rings is 2. The van der Waals surface area contributed by atoms with Gasteiger partial charge in [0.05, 0.1) is 0 Å². The van der Waals surface area contributed by atoms with Gasteiger partial charge in [-0.25, -0.2) is 9.67 Å². The normalized spacial score (nSPS) is 11.4. The van der Waals surface area contributed by atoms with Crippen molar-refractivity contribution in [2.75, 3.05) is 0 Å². The Morgan fingerprint density at radius 3 is 2.41 bits per heavy atom. The molecule has 2 aromatic carbocycles. The summed E-state index contributed by atoms with van der Waals surface area (Å²) in [5, 5.41) is 4.66. The maximum atomic E-state index is 12.8. The Morgan fingerprint density at radius 1 is 1.05 bits per heavy atom. The van der Waals surface area contributed by atoms with Crippen LogP contribution < -0.4 is 0 Å². The van der Waals surface area contributed by atoms with Crippen molar-refractivity contribution in [3.05, 3.63) is 83.4 Å². The molecule has 0 saturated carbocycles. The van der Waals surface area contributed by atoms with E-state index in [9.17, 15) is 4.79 Å². The minimum Gasteiger partial charge on any atom is -0.287 e. The monoisotopic (exact) mass is 309 g/mol. The van der Waals surface area contributed by atoms with Crippen LogP contribution >= 0.6 is 11.6 Å². The first kappa shape index (κ1) is 14.2. The van der Waals surface area contributed by atoms with Crippen molar-refractivity contribution in [2.45, 2.75) is 0 Å². The van der Waals surface area contributed by atoms with Gasteiger partial charge in [0.25, 0.3) is 0 Å². The molecule has 5 heteroatoms. The van der Waals surface area contributed by atoms with E-state index in [4.69, 9.17) is 11.6 Å². The Hall–Kier alpha value is -2.72. The second kappa shape index (κ2) is 6.37. The summed E-state index contributed by atoms with van der Waals surface area (Å²) in [6.07, 6.45) is 4.68. The number of Topliss-reactive ketones (excluding diaryl/α,β-unsaturated/α-hetero) is 1. The lowest BCUT2D eigenvalue weighted by molar-refractivity contribution is 0.105. The van der Waals surface area contributed by atoms with Crippen LogP contribution in [0, 0.1) is 0 Å². The first-order valence-corrected chi connectivity index (χ1v) is 7.04. The predicted molar refractivity (Wildman–Crippen MR) is 86.4 cm³/mol. The molecular weight excluding hydrogens is 298 g/mol. The summed E-state index contributed by atoms with van der Waals surface area (Å²) in [6.45, 7) is 0. The first-order valence-electron chi connectivity index (χ1n) is 6.66. The third-order valence-corrected chi connectivity index (χ3v) is 3.36. The minimum absolute atomic E-state index is 0.147. The standard InChI is InChI=1S/C17H12ClN3O/c18-15-8-6-14(7-9-15)17(22)16(21-12-19-11-20-21)10-13-4-2-1-3-5-13/h1-12H/b16-10-. The molecule has 108 valence electrons. The van der Waals surface area contributed by atoms with Gasteiger partial charge < -0.3 is 0 Å². The summed E-state index contributed by atoms with van der Waals surface area (Å²) in [5.41, 5.74) is 1.88. The first-order chi connectivity index (χ1) is 10.7. The number of rotatable bonds is 4. The molecule has 1 heterocycles. The van der Waals surface area contributed by atoms with E-state index in [2.05, 4.69) is 10.1 Å². The number of aromatic nitrogens is 3. The van der Waals surface area contributed by atoms with Crippen LogP contribution in [-0.4, -0.2) is 20.5 Å². The van der Waals surface area contributed by atoms with Crippen LogP contribution in [0.3, 0.4) is 0 Å². The molecule has 0 spiro atoms. The van der Waals surface area contributed by atoms with E-state index < -0.39 is 0 Å². The van der Waals surface area contributed by atoms with Crippen molar-refractivity contribution >= 4 is 29.2 Å². The number of halogens is 1. The summed E-state index contributed by atoms with van der Waals surface area (Å²) in [7, 11) is 0. The van der Waals surface area contributed by atoms with E-state index in [1.165, 1.54) is 17.3 Å². The third-order valence-electron chi connectivity index (χ3n) is 3.11. The largest absolute Gasteiger partial charge is 0.287 e. The second-order valence-electron chi connectivity index (χ2n) is 4.62. The van der Waals surface area contributed by atoms with Gasteiger partial charge in [-0.1, -0.05) is 41.9 Å². The number of carbonyl (C=O) groups is 1. The molecule has 0 radical (unpaired) electrons. The fourth-order valence-electron chi connectivity index (χ4n) is 2.02. The van der Waals surface area contributed by atoms with Crippen LogP contribution in [-0.2, 0) is 0 Å². The lowest BCUT2D eigenvalue weighted by Crippen LogP contribution is -2.10. The fraction of sp³-hybridized carbons (Fsp3) is 0. The van der Waals surface area contributed by atoms with Gasteiger partial charge in [0, 0.05) is 10.6 Å². The SMILES string of the molecule is O=C(/C(=C/c1ccccc1)n1cncn1)c1ccc(Cl)cc1. The van der Waals surface area contributed by atoms with Crippen molar-refractivity contribution in [1.29, 1.82) is 0 Å². The summed E-state index contributed by atoms with van der Waals surface area (Å²) in [4.78, 5) is 16.7. The Bertz CT molecular complexity index is 794. The van der Waals surface area contributed by atoms with Crippen LogP contribution in [0.4, 0.5) is 0 Å². The molecule has 0 saturated heterocycles. The molecule has 0 bridgehead atoms. The Kier molecular flexibility index (Phi) is 4.12. The van der Waals surface area contributed by atoms with Crippen molar-refractivity contribution in [3.8, 4) is 0 Å². The maximum Gasteiger partial charge on any atom is 0.211 e. The minimum atomic E-state index is -0.147. The maximum absolute atomic E-state index is 12.8. The molecule has 0 unspecified atom stereocenters. The highest BCUT2D eigenvalue weighted by Crippen LogP contribution is 2.18. The number of hydrogen-bond donors (Lipinski definition) is 0. The Labute approximate surface area is 132 Å². The molecule has 3 aromatic rings. The number of nitrogens with zero attached hydrogens (tertiary/aromatic N) is 3. The van der Waals surface area contributed by atoms with E-state index in [0.717, 1.165) is 5.56 Å². The molecule has 0 aliphatic rings. The van der Waals surface area contributed by atoms with Crippen LogP contribution in [0.1, 0.15) is 15.9 Å². The lowest BCUT2D eigenvalue weighted by atomic mass is 10.1. The van der Waals surface area contributed by atoms with Gasteiger partial charge in [-0.2, -0.15) is 5.10 Å². The fourth-order valence-corrected chi connectivity index (χ4v) is 2.15. The van der Waals surface area contributed by atoms with E-state index >= 15 is 0 Å². The Balaban J connectivity index is 2.04. The van der Waals surface area contributed by atoms with Crippen molar-refractivity contribution in [1.82, 2.24) is 14.8 Å². The zero-order valence-corrected chi connectivity index (χ0v) is 12.3. The van der Waals surface area contributed by atoms with E-state index in [1.807, 2.05) is 30.3 Å². The molecule has 4 nitrogen and oxygen atoms in total. The molecular formula is C17H12ClN3O. The average Bonchev–Trinajstić information content (AvgIpc) is 3.08. The zero-order valence-electron chi connectivity index (χ0n) is 11.6. The van der Waals surface area contributed by atoms with Crippen LogP contribution in [0.5, 0.6) is 0 Å². The van der Waals surface area contributed by atoms with Crippen LogP contribution in [0.25, 0.3) is 11.8 Å². The smallest absolute Gasteiger partial charge is 0.211 e. The number of allylic oxidation sites excluding steroid dienone is 1. The van der Waals surface area contributed by atoms with Gasteiger partial charge in [-0.15, -0.1) is 0 Å². The van der Waals surface area contributed by atoms with Crippen molar-refractivity contribution in [2.24, 2.45) is 0 Å². The van der Waals surface area contributed by atoms with E-state index in [0.29, 0.717) is 16.3 Å². The highest BCUT2D eigenvalue weighted by molar-refractivity contribution is 6.31. The number of hydrogen-bond acceptors (Lipinski definition) is 3. The van der Waals surface area contributed by atoms with Crippen LogP contribution in [0.15, 0.2) is 67.3 Å². The number of carbonyl (C=O) groups excluding carboxylic acids is 1. The molecule has 0 atom stereocenters. The van der Waals surface area contributed by atoms with Crippen LogP contribution in [0.2, 0.25) is 5.02 Å². The second-order valence-corrected chi connectivity index (χ2v) is 5.05. The Morgan fingerprint density at radius 2 is 1.77 bits per heavy atom. The van der Waals surface area contributed by atoms with Gasteiger partial charge in [0.1, 0.15) is 18.4 Å². The highest BCUT2D eigenvalue weighted by Gasteiger charge is 2.15. The van der Waals surface area contributed by atoms with Crippen molar-refractivity contribution in [3.63, 3.8) is 0 Å². The van der Waals surface area contributed by atoms with Gasteiger partial charge >= 0.3 is 0 Å². The quantitative estimate of drug-likeness (QED) is 0.544. The molecule has 0 aliphatic carbocycles. The zero-order chi connectivity index (χ0) is 15.4. The van der Waals surface area contributed by atoms with Gasteiger partial charge in [0.2, 0.25) is 5.78 Å². The average molecular weight is 310 g/mol. The molecule has 3 rings (SSSR count). The van der Waals surface area contributed by atoms with Gasteiger partial charge in [0.15, 0.2) is 0 Å². The molecule has 0 fully saturated rings. The molecule has 0 aliphatic heterocycles. The summed E-state index contributed by atoms with van der Waals surface area (Å²) < 4.78 is 1.46. The number of ketones is 1. The third kappa shape index (κ3) is 3.13. The topological polar surface area (TPSA) is 47.8 Å². The van der Waals surface area contributed by atoms with Gasteiger partial charge in [-0.05, 0) is 35.9 Å². The molecule has 0 N–H and O–H groups in total. The van der Waals surface area contributed by atoms with E-state index in [1.54, 1.807) is 30.3 Å².